The fraction of sp³-hybridized carbons (Fsp3) is 0.556. The van der Waals surface area contributed by atoms with E-state index in [1.54, 1.807) is 7.11 Å². The van der Waals surface area contributed by atoms with Gasteiger partial charge >= 0.3 is 83.4 Å². The Morgan fingerprint density at radius 3 is 2.38 bits per heavy atom. The van der Waals surface area contributed by atoms with E-state index in [9.17, 15) is 0 Å². The summed E-state index contributed by atoms with van der Waals surface area (Å²) in [5.74, 6) is 0. The Morgan fingerprint density at radius 2 is 1.85 bits per heavy atom. The molecule has 0 saturated heterocycles. The number of aromatic nitrogens is 2. The zero-order chi connectivity index (χ0) is 9.90. The van der Waals surface area contributed by atoms with Crippen LogP contribution in [-0.4, -0.2) is 35.7 Å². The molecule has 0 aliphatic heterocycles. The minimum absolute atomic E-state index is 0.652. The van der Waals surface area contributed by atoms with Crippen molar-refractivity contribution in [2.75, 3.05) is 7.11 Å². The predicted octanol–water partition coefficient (Wildman–Crippen LogP) is 1.17. The molecule has 1 rings (SSSR count). The van der Waals surface area contributed by atoms with Crippen molar-refractivity contribution in [3.8, 4) is 0 Å². The zero-order valence-corrected chi connectivity index (χ0v) is 11.5. The number of nitrogens with zero attached hydrogens (tertiary/aromatic N) is 2. The first-order valence-corrected chi connectivity index (χ1v) is 14.3. The van der Waals surface area contributed by atoms with Crippen LogP contribution in [0.2, 0.25) is 14.8 Å². The Balaban J connectivity index is 3.05. The Hall–Kier alpha value is -0.161. The van der Waals surface area contributed by atoms with Crippen LogP contribution in [0, 0.1) is 0 Å². The van der Waals surface area contributed by atoms with Crippen LogP contribution in [-0.2, 0) is 11.3 Å². The first-order valence-electron chi connectivity index (χ1n) is 4.34. The molecule has 1 aromatic rings. The number of methoxy groups -OCH3 is 1. The average Bonchev–Trinajstić information content (AvgIpc) is 2.04. The van der Waals surface area contributed by atoms with E-state index in [4.69, 9.17) is 4.74 Å². The Kier molecular flexibility index (Phi) is 3.67. The van der Waals surface area contributed by atoms with E-state index in [1.165, 1.54) is 9.14 Å². The first kappa shape index (κ1) is 10.9. The van der Waals surface area contributed by atoms with Gasteiger partial charge in [-0.1, -0.05) is 0 Å². The van der Waals surface area contributed by atoms with Crippen molar-refractivity contribution >= 4 is 22.0 Å². The van der Waals surface area contributed by atoms with Crippen molar-refractivity contribution in [2.45, 2.75) is 21.4 Å². The molecule has 0 atom stereocenters. The second kappa shape index (κ2) is 4.37. The second-order valence-electron chi connectivity index (χ2n) is 4.11. The van der Waals surface area contributed by atoms with Gasteiger partial charge in [-0.25, -0.2) is 0 Å². The Bertz CT molecular complexity index is 283. The van der Waals surface area contributed by atoms with Crippen LogP contribution < -0.4 is 3.58 Å². The molecule has 0 bridgehead atoms. The van der Waals surface area contributed by atoms with Crippen LogP contribution >= 0.6 is 0 Å². The number of ether oxygens (including phenoxy) is 1. The third-order valence-electron chi connectivity index (χ3n) is 1.92. The van der Waals surface area contributed by atoms with E-state index in [0.717, 1.165) is 0 Å². The maximum atomic E-state index is 5.13. The molecule has 0 amide bonds. The third kappa shape index (κ3) is 2.91. The number of hydrogen-bond donors (Lipinski definition) is 0. The molecule has 0 aliphatic carbocycles. The molecule has 0 fully saturated rings. The molecule has 0 N–H and O–H groups in total. The third-order valence-corrected chi connectivity index (χ3v) is 7.82. The molecule has 4 heteroatoms. The van der Waals surface area contributed by atoms with Crippen LogP contribution in [0.4, 0.5) is 0 Å². The van der Waals surface area contributed by atoms with Crippen LogP contribution in [0.25, 0.3) is 0 Å². The van der Waals surface area contributed by atoms with E-state index in [1.807, 2.05) is 12.4 Å². The summed E-state index contributed by atoms with van der Waals surface area (Å²) in [6, 6.07) is 0. The molecule has 0 spiro atoms. The van der Waals surface area contributed by atoms with Gasteiger partial charge in [0, 0.05) is 0 Å². The first-order chi connectivity index (χ1) is 6.05. The van der Waals surface area contributed by atoms with Crippen molar-refractivity contribution in [2.24, 2.45) is 0 Å². The average molecular weight is 287 g/mol. The fourth-order valence-corrected chi connectivity index (χ4v) is 5.70. The molecule has 0 radical (unpaired) electrons. The van der Waals surface area contributed by atoms with Crippen LogP contribution in [0.15, 0.2) is 12.4 Å². The van der Waals surface area contributed by atoms with Gasteiger partial charge in [0.05, 0.1) is 0 Å². The maximum absolute atomic E-state index is 5.13. The van der Waals surface area contributed by atoms with Gasteiger partial charge in [0.2, 0.25) is 0 Å². The van der Waals surface area contributed by atoms with Gasteiger partial charge < -0.3 is 0 Å². The molecule has 0 saturated carbocycles. The molecule has 0 aromatic carbocycles. The van der Waals surface area contributed by atoms with Crippen molar-refractivity contribution in [1.29, 1.82) is 0 Å². The SMILES string of the molecule is COCc1cnnc[c]1[Sn]([CH3])([CH3])[CH3]. The van der Waals surface area contributed by atoms with Crippen molar-refractivity contribution in [3.63, 3.8) is 0 Å². The van der Waals surface area contributed by atoms with Crippen molar-refractivity contribution in [3.05, 3.63) is 18.0 Å². The van der Waals surface area contributed by atoms with E-state index >= 15 is 0 Å². The summed E-state index contributed by atoms with van der Waals surface area (Å²) in [6.07, 6.45) is 3.73. The van der Waals surface area contributed by atoms with E-state index in [-0.39, 0.29) is 0 Å². The Labute approximate surface area is 83.4 Å². The van der Waals surface area contributed by atoms with E-state index in [2.05, 4.69) is 25.0 Å². The predicted molar refractivity (Wildman–Crippen MR) is 55.7 cm³/mol. The van der Waals surface area contributed by atoms with Crippen molar-refractivity contribution in [1.82, 2.24) is 10.2 Å². The summed E-state index contributed by atoms with van der Waals surface area (Å²) >= 11 is -2.01. The van der Waals surface area contributed by atoms with Gasteiger partial charge in [0.25, 0.3) is 0 Å². The van der Waals surface area contributed by atoms with Gasteiger partial charge in [-0.15, -0.1) is 0 Å². The summed E-state index contributed by atoms with van der Waals surface area (Å²) in [6.45, 7) is 0.652. The van der Waals surface area contributed by atoms with Crippen LogP contribution in [0.5, 0.6) is 0 Å². The molecule has 1 heterocycles. The molecule has 3 nitrogen and oxygen atoms in total. The van der Waals surface area contributed by atoms with E-state index in [0.29, 0.717) is 6.61 Å². The summed E-state index contributed by atoms with van der Waals surface area (Å²) in [5, 5.41) is 7.82. The van der Waals surface area contributed by atoms with Gasteiger partial charge in [0.15, 0.2) is 0 Å². The molecular weight excluding hydrogens is 271 g/mol. The number of rotatable bonds is 3. The van der Waals surface area contributed by atoms with Gasteiger partial charge in [0.1, 0.15) is 0 Å². The van der Waals surface area contributed by atoms with Gasteiger partial charge in [-0.3, -0.25) is 0 Å². The summed E-state index contributed by atoms with van der Waals surface area (Å²) < 4.78 is 6.54. The molecule has 0 aliphatic rings. The van der Waals surface area contributed by atoms with Crippen LogP contribution in [0.3, 0.4) is 0 Å². The fourth-order valence-electron chi connectivity index (χ4n) is 1.29. The zero-order valence-electron chi connectivity index (χ0n) is 8.66. The van der Waals surface area contributed by atoms with E-state index < -0.39 is 18.4 Å². The molecule has 1 aromatic heterocycles. The minimum atomic E-state index is -2.01. The van der Waals surface area contributed by atoms with Gasteiger partial charge in [-0.2, -0.15) is 0 Å². The standard InChI is InChI=1S/C6H7N2O.3CH3.Sn/c1-9-5-6-2-3-7-8-4-6;;;;/h3-4H,5H2,1H3;3*1H3;. The monoisotopic (exact) mass is 288 g/mol. The molecule has 0 unspecified atom stereocenters. The quantitative estimate of drug-likeness (QED) is 0.783. The normalized spacial score (nSPS) is 11.7. The molecule has 72 valence electrons. The topological polar surface area (TPSA) is 35.0 Å². The molecular formula is C9H16N2OSn. The summed E-state index contributed by atoms with van der Waals surface area (Å²) in [4.78, 5) is 7.10. The second-order valence-corrected chi connectivity index (χ2v) is 18.5. The summed E-state index contributed by atoms with van der Waals surface area (Å²) in [5.41, 5.74) is 1.21. The Morgan fingerprint density at radius 1 is 1.23 bits per heavy atom. The van der Waals surface area contributed by atoms with Crippen molar-refractivity contribution < 1.29 is 4.74 Å². The molecule has 13 heavy (non-hydrogen) atoms. The number of hydrogen-bond acceptors (Lipinski definition) is 3. The summed E-state index contributed by atoms with van der Waals surface area (Å²) in [7, 11) is 1.71. The van der Waals surface area contributed by atoms with Crippen LogP contribution in [0.1, 0.15) is 5.56 Å². The van der Waals surface area contributed by atoms with Gasteiger partial charge in [-0.05, 0) is 0 Å².